The number of para-hydroxylation sites is 4. The number of anilines is 3. The van der Waals surface area contributed by atoms with Crippen molar-refractivity contribution >= 4 is 50.7 Å². The van der Waals surface area contributed by atoms with Crippen molar-refractivity contribution in [2.45, 2.75) is 6.17 Å². The molecule has 12 heteroatoms. The van der Waals surface area contributed by atoms with Crippen LogP contribution in [0.2, 0.25) is 0 Å². The molecular formula is C54H36N12. The zero-order valence-corrected chi connectivity index (χ0v) is 35.1. The molecule has 13 rings (SSSR count). The normalized spacial score (nSPS) is 13.4. The second-order valence-corrected chi connectivity index (χ2v) is 16.0. The summed E-state index contributed by atoms with van der Waals surface area (Å²) >= 11 is 0. The van der Waals surface area contributed by atoms with Crippen LogP contribution in [0.1, 0.15) is 11.7 Å². The smallest absolute Gasteiger partial charge is 0.164 e. The van der Waals surface area contributed by atoms with E-state index in [1.807, 2.05) is 128 Å². The van der Waals surface area contributed by atoms with Gasteiger partial charge in [0.2, 0.25) is 0 Å². The van der Waals surface area contributed by atoms with E-state index in [0.717, 1.165) is 90.0 Å². The van der Waals surface area contributed by atoms with E-state index in [1.54, 1.807) is 0 Å². The average Bonchev–Trinajstić information content (AvgIpc) is 4.17. The van der Waals surface area contributed by atoms with Crippen molar-refractivity contribution in [2.24, 2.45) is 0 Å². The van der Waals surface area contributed by atoms with Gasteiger partial charge in [0.25, 0.3) is 0 Å². The Kier molecular flexibility index (Phi) is 8.59. The van der Waals surface area contributed by atoms with E-state index in [1.165, 1.54) is 0 Å². The fourth-order valence-corrected chi connectivity index (χ4v) is 9.26. The van der Waals surface area contributed by atoms with Gasteiger partial charge >= 0.3 is 0 Å². The van der Waals surface area contributed by atoms with E-state index < -0.39 is 6.17 Å². The first-order valence-corrected chi connectivity index (χ1v) is 21.7. The third kappa shape index (κ3) is 5.96. The lowest BCUT2D eigenvalue weighted by molar-refractivity contribution is 0.820. The molecule has 7 aromatic heterocycles. The SMILES string of the molecule is c1ccc(N2c3ncccc3NC2c2cc(-c3nc4cccnc4n3-c3ccccc3)c(-c3nc4cccnc4n3-c3ccccc3)cc2-c2nc3cccnc3n2-c2ccccc2)cc1. The maximum absolute atomic E-state index is 5.47. The fourth-order valence-electron chi connectivity index (χ4n) is 9.26. The van der Waals surface area contributed by atoms with E-state index in [2.05, 4.69) is 103 Å². The maximum Gasteiger partial charge on any atom is 0.164 e. The Morgan fingerprint density at radius 1 is 0.364 bits per heavy atom. The van der Waals surface area contributed by atoms with Gasteiger partial charge < -0.3 is 5.32 Å². The quantitative estimate of drug-likeness (QED) is 0.159. The third-order valence-corrected chi connectivity index (χ3v) is 12.1. The number of nitrogens with one attached hydrogen (secondary N) is 1. The molecule has 0 saturated heterocycles. The summed E-state index contributed by atoms with van der Waals surface area (Å²) in [5, 5.41) is 3.91. The maximum atomic E-state index is 5.47. The van der Waals surface area contributed by atoms with Crippen LogP contribution in [0.25, 0.3) is 84.7 Å². The highest BCUT2D eigenvalue weighted by atomic mass is 15.4. The number of hydrogen-bond donors (Lipinski definition) is 1. The zero-order valence-electron chi connectivity index (χ0n) is 35.1. The van der Waals surface area contributed by atoms with Crippen molar-refractivity contribution in [3.8, 4) is 51.2 Å². The molecule has 0 bridgehead atoms. The van der Waals surface area contributed by atoms with Gasteiger partial charge in [0, 0.05) is 69.8 Å². The van der Waals surface area contributed by atoms with E-state index in [4.69, 9.17) is 34.9 Å². The molecule has 0 spiro atoms. The molecule has 0 radical (unpaired) electrons. The highest BCUT2D eigenvalue weighted by molar-refractivity contribution is 5.94. The van der Waals surface area contributed by atoms with Crippen LogP contribution in [0.4, 0.5) is 17.2 Å². The van der Waals surface area contributed by atoms with Crippen LogP contribution >= 0.6 is 0 Å². The van der Waals surface area contributed by atoms with Crippen LogP contribution in [0, 0.1) is 0 Å². The second-order valence-electron chi connectivity index (χ2n) is 16.0. The van der Waals surface area contributed by atoms with Crippen LogP contribution in [-0.4, -0.2) is 48.6 Å². The molecule has 1 unspecified atom stereocenters. The number of imidazole rings is 3. The van der Waals surface area contributed by atoms with Crippen molar-refractivity contribution in [3.05, 3.63) is 212 Å². The minimum Gasteiger partial charge on any atom is -0.358 e. The van der Waals surface area contributed by atoms with Crippen molar-refractivity contribution < 1.29 is 0 Å². The molecule has 0 aliphatic carbocycles. The standard InChI is InChI=1S/C54H36N12/c1-5-17-35(18-6-1)63-47(59-43-25-13-29-55-51(43)63)39-33-41(49-61-45-27-15-31-57-53(45)65(49)37-21-9-3-10-22-37)42(50-62-46-28-16-32-58-54(46)66(50)38-23-11-4-12-24-38)34-40(39)48-60-44-26-14-30-56-52(44)64(48)36-19-7-2-8-20-36/h1-34,47,59H. The summed E-state index contributed by atoms with van der Waals surface area (Å²) in [7, 11) is 0. The number of pyridine rings is 4. The van der Waals surface area contributed by atoms with Crippen LogP contribution in [0.5, 0.6) is 0 Å². The lowest BCUT2D eigenvalue weighted by Gasteiger charge is -2.29. The predicted molar refractivity (Wildman–Crippen MR) is 259 cm³/mol. The lowest BCUT2D eigenvalue weighted by atomic mass is 9.94. The van der Waals surface area contributed by atoms with E-state index in [-0.39, 0.29) is 0 Å². The Balaban J connectivity index is 1.21. The van der Waals surface area contributed by atoms with Gasteiger partial charge in [-0.05, 0) is 109 Å². The molecule has 12 nitrogen and oxygen atoms in total. The molecule has 66 heavy (non-hydrogen) atoms. The third-order valence-electron chi connectivity index (χ3n) is 12.1. The van der Waals surface area contributed by atoms with Crippen molar-refractivity contribution in [2.75, 3.05) is 10.2 Å². The zero-order chi connectivity index (χ0) is 43.6. The van der Waals surface area contributed by atoms with E-state index >= 15 is 0 Å². The topological polar surface area (TPSA) is 120 Å². The van der Waals surface area contributed by atoms with Gasteiger partial charge in [-0.3, -0.25) is 18.6 Å². The Labute approximate surface area is 377 Å². The highest BCUT2D eigenvalue weighted by Crippen LogP contribution is 2.50. The van der Waals surface area contributed by atoms with Crippen LogP contribution in [0.3, 0.4) is 0 Å². The Bertz CT molecular complexity index is 3750. The number of hydrogen-bond acceptors (Lipinski definition) is 9. The first-order valence-electron chi connectivity index (χ1n) is 21.7. The largest absolute Gasteiger partial charge is 0.358 e. The Morgan fingerprint density at radius 2 is 0.758 bits per heavy atom. The van der Waals surface area contributed by atoms with Crippen molar-refractivity contribution in [1.29, 1.82) is 0 Å². The van der Waals surface area contributed by atoms with Gasteiger partial charge in [0.15, 0.2) is 22.8 Å². The number of aromatic nitrogens is 10. The van der Waals surface area contributed by atoms with Gasteiger partial charge in [-0.1, -0.05) is 72.8 Å². The molecule has 1 aliphatic rings. The molecule has 0 saturated carbocycles. The number of nitrogens with zero attached hydrogens (tertiary/aromatic N) is 11. The van der Waals surface area contributed by atoms with Gasteiger partial charge in [-0.15, -0.1) is 0 Å². The Morgan fingerprint density at radius 3 is 1.23 bits per heavy atom. The summed E-state index contributed by atoms with van der Waals surface area (Å²) in [4.78, 5) is 38.4. The summed E-state index contributed by atoms with van der Waals surface area (Å²) < 4.78 is 6.43. The predicted octanol–water partition coefficient (Wildman–Crippen LogP) is 11.5. The number of rotatable bonds is 8. The summed E-state index contributed by atoms with van der Waals surface area (Å²) in [6, 6.07) is 61.5. The second kappa shape index (κ2) is 15.2. The lowest BCUT2D eigenvalue weighted by Crippen LogP contribution is -2.25. The molecule has 1 aliphatic heterocycles. The molecule has 5 aromatic carbocycles. The summed E-state index contributed by atoms with van der Waals surface area (Å²) in [6.45, 7) is 0. The Hall–Kier alpha value is -9.29. The summed E-state index contributed by atoms with van der Waals surface area (Å²) in [6.07, 6.45) is 6.81. The van der Waals surface area contributed by atoms with E-state index in [0.29, 0.717) is 17.5 Å². The van der Waals surface area contributed by atoms with E-state index in [9.17, 15) is 0 Å². The minimum absolute atomic E-state index is 0.473. The number of fused-ring (bicyclic) bond motifs is 4. The van der Waals surface area contributed by atoms with Gasteiger partial charge in [0.05, 0.1) is 5.69 Å². The van der Waals surface area contributed by atoms with Crippen molar-refractivity contribution in [3.63, 3.8) is 0 Å². The molecule has 312 valence electrons. The molecule has 0 fully saturated rings. The molecule has 12 aromatic rings. The van der Waals surface area contributed by atoms with Crippen LogP contribution in [0.15, 0.2) is 207 Å². The minimum atomic E-state index is -0.473. The van der Waals surface area contributed by atoms with Gasteiger partial charge in [0.1, 0.15) is 40.2 Å². The monoisotopic (exact) mass is 852 g/mol. The van der Waals surface area contributed by atoms with Crippen LogP contribution in [-0.2, 0) is 0 Å². The van der Waals surface area contributed by atoms with Crippen LogP contribution < -0.4 is 10.2 Å². The van der Waals surface area contributed by atoms with Crippen molar-refractivity contribution in [1.82, 2.24) is 48.6 Å². The molecular weight excluding hydrogens is 817 g/mol. The fraction of sp³-hybridized carbons (Fsp3) is 0.0185. The summed E-state index contributed by atoms with van der Waals surface area (Å²) in [5.41, 5.74) is 12.5. The first-order chi connectivity index (χ1) is 32.8. The average molecular weight is 853 g/mol. The first kappa shape index (κ1) is 37.3. The highest BCUT2D eigenvalue weighted by Gasteiger charge is 2.37. The van der Waals surface area contributed by atoms with Gasteiger partial charge in [-0.25, -0.2) is 34.9 Å². The molecule has 0 amide bonds. The number of benzene rings is 5. The molecule has 1 atom stereocenters. The molecule has 8 heterocycles. The molecule has 1 N–H and O–H groups in total. The van der Waals surface area contributed by atoms with Gasteiger partial charge in [-0.2, -0.15) is 0 Å². The summed E-state index contributed by atoms with van der Waals surface area (Å²) in [5.74, 6) is 2.88.